The highest BCUT2D eigenvalue weighted by atomic mass is 19.4. The number of anilines is 1. The van der Waals surface area contributed by atoms with Gasteiger partial charge in [0.25, 0.3) is 5.56 Å². The normalized spacial score (nSPS) is 18.9. The molecule has 0 spiro atoms. The third-order valence-electron chi connectivity index (χ3n) is 7.15. The summed E-state index contributed by atoms with van der Waals surface area (Å²) >= 11 is 0. The van der Waals surface area contributed by atoms with Crippen molar-refractivity contribution in [1.82, 2.24) is 19.2 Å². The van der Waals surface area contributed by atoms with Gasteiger partial charge in [-0.15, -0.1) is 0 Å². The maximum absolute atomic E-state index is 12.8. The molecule has 2 aliphatic heterocycles. The van der Waals surface area contributed by atoms with Crippen molar-refractivity contribution in [2.45, 2.75) is 83.2 Å². The Labute approximate surface area is 241 Å². The zero-order valence-electron chi connectivity index (χ0n) is 24.2. The number of para-hydroxylation sites is 1. The largest absolute Gasteiger partial charge is 0.481 e. The van der Waals surface area contributed by atoms with E-state index in [0.29, 0.717) is 30.8 Å². The van der Waals surface area contributed by atoms with Crippen LogP contribution in [0.25, 0.3) is 5.69 Å². The number of rotatable bonds is 5. The van der Waals surface area contributed by atoms with E-state index in [9.17, 15) is 32.3 Å². The summed E-state index contributed by atoms with van der Waals surface area (Å²) in [6.45, 7) is 6.04. The summed E-state index contributed by atoms with van der Waals surface area (Å²) in [5.74, 6) is -2.72. The smallest absolute Gasteiger partial charge is 0.471 e. The van der Waals surface area contributed by atoms with Crippen molar-refractivity contribution in [2.75, 3.05) is 18.8 Å². The van der Waals surface area contributed by atoms with Gasteiger partial charge < -0.3 is 25.4 Å². The lowest BCUT2D eigenvalue weighted by atomic mass is 10.1. The van der Waals surface area contributed by atoms with Crippen molar-refractivity contribution in [3.8, 4) is 5.69 Å². The third kappa shape index (κ3) is 7.85. The summed E-state index contributed by atoms with van der Waals surface area (Å²) < 4.78 is 46.5. The first-order valence-electron chi connectivity index (χ1n) is 13.7. The van der Waals surface area contributed by atoms with E-state index in [1.165, 1.54) is 9.58 Å². The highest BCUT2D eigenvalue weighted by Gasteiger charge is 2.46. The maximum atomic E-state index is 12.8. The molecule has 2 aromatic rings. The fourth-order valence-electron chi connectivity index (χ4n) is 5.28. The molecule has 0 radical (unpaired) electrons. The summed E-state index contributed by atoms with van der Waals surface area (Å²) in [7, 11) is 1.63. The van der Waals surface area contributed by atoms with Crippen molar-refractivity contribution in [2.24, 2.45) is 7.05 Å². The number of likely N-dealkylation sites (tertiary alicyclic amines) is 2. The number of carbonyl (C=O) groups is 3. The van der Waals surface area contributed by atoms with Crippen LogP contribution in [0.15, 0.2) is 35.1 Å². The number of hydrogen-bond donors (Lipinski definition) is 2. The van der Waals surface area contributed by atoms with Gasteiger partial charge in [-0.1, -0.05) is 18.2 Å². The number of carboxylic acids is 1. The number of carboxylic acid groups (broad SMARTS) is 1. The van der Waals surface area contributed by atoms with E-state index in [0.717, 1.165) is 17.7 Å². The standard InChI is InChI=1S/C17H19F3N4O2.C11H19NO4/c1-22-13(10-12-8-5-9-23(12)16(26)17(18,19)20)14(21)15(25)24(22)11-6-3-2-4-7-11;1-11(2,3)16-10(15)12-6-4-5-8(12)7-9(13)14/h2-4,6-7,12H,5,8-10,21H2,1H3;8H,4-7H2,1-3H3,(H,13,14)/t12-;8-/m00/s1. The van der Waals surface area contributed by atoms with Crippen LogP contribution in [-0.4, -0.2) is 79.2 Å². The molecule has 0 unspecified atom stereocenters. The Kier molecular flexibility index (Phi) is 10.0. The Morgan fingerprint density at radius 1 is 1.00 bits per heavy atom. The molecule has 2 atom stereocenters. The van der Waals surface area contributed by atoms with Crippen LogP contribution >= 0.6 is 0 Å². The van der Waals surface area contributed by atoms with Gasteiger partial charge in [-0.05, 0) is 58.6 Å². The van der Waals surface area contributed by atoms with Gasteiger partial charge in [-0.2, -0.15) is 13.2 Å². The van der Waals surface area contributed by atoms with Gasteiger partial charge in [-0.3, -0.25) is 19.1 Å². The van der Waals surface area contributed by atoms with Crippen LogP contribution in [0, 0.1) is 0 Å². The lowest BCUT2D eigenvalue weighted by Gasteiger charge is -2.27. The van der Waals surface area contributed by atoms with Crippen LogP contribution in [0.4, 0.5) is 23.7 Å². The fourth-order valence-corrected chi connectivity index (χ4v) is 5.28. The average Bonchev–Trinajstić information content (AvgIpc) is 3.59. The number of aliphatic carboxylic acids is 1. The van der Waals surface area contributed by atoms with Crippen LogP contribution < -0.4 is 11.3 Å². The first-order valence-corrected chi connectivity index (χ1v) is 13.7. The molecular weight excluding hydrogens is 559 g/mol. The molecule has 1 aromatic carbocycles. The molecule has 2 fully saturated rings. The summed E-state index contributed by atoms with van der Waals surface area (Å²) in [6.07, 6.45) is -2.71. The Hall–Kier alpha value is -3.97. The van der Waals surface area contributed by atoms with Gasteiger partial charge in [0.15, 0.2) is 0 Å². The maximum Gasteiger partial charge on any atom is 0.471 e. The molecule has 11 nitrogen and oxygen atoms in total. The molecule has 14 heteroatoms. The Morgan fingerprint density at radius 3 is 2.12 bits per heavy atom. The average molecular weight is 598 g/mol. The minimum absolute atomic E-state index is 0.000751. The lowest BCUT2D eigenvalue weighted by Crippen LogP contribution is -2.44. The van der Waals surface area contributed by atoms with Crippen molar-refractivity contribution < 1.29 is 37.4 Å². The van der Waals surface area contributed by atoms with Crippen molar-refractivity contribution in [1.29, 1.82) is 0 Å². The summed E-state index contributed by atoms with van der Waals surface area (Å²) in [4.78, 5) is 48.9. The monoisotopic (exact) mass is 597 g/mol. The second-order valence-corrected chi connectivity index (χ2v) is 11.4. The topological polar surface area (TPSA) is 140 Å². The molecule has 232 valence electrons. The number of nitrogen functional groups attached to an aromatic ring is 1. The predicted molar refractivity (Wildman–Crippen MR) is 148 cm³/mol. The van der Waals surface area contributed by atoms with Gasteiger partial charge in [0.2, 0.25) is 0 Å². The molecule has 42 heavy (non-hydrogen) atoms. The molecule has 3 heterocycles. The molecule has 0 saturated carbocycles. The van der Waals surface area contributed by atoms with Crippen molar-refractivity contribution in [3.05, 3.63) is 46.4 Å². The van der Waals surface area contributed by atoms with Crippen LogP contribution in [0.1, 0.15) is 58.6 Å². The number of hydrogen-bond acceptors (Lipinski definition) is 6. The zero-order valence-corrected chi connectivity index (χ0v) is 24.2. The SMILES string of the molecule is CC(C)(C)OC(=O)N1CCC[C@H]1CC(=O)O.Cn1c(C[C@@H]2CCCN2C(=O)C(F)(F)F)c(N)c(=O)n1-c1ccccc1. The van der Waals surface area contributed by atoms with Gasteiger partial charge in [0, 0.05) is 38.6 Å². The molecule has 2 aliphatic rings. The van der Waals surface area contributed by atoms with Crippen LogP contribution in [-0.2, 0) is 27.8 Å². The van der Waals surface area contributed by atoms with Crippen LogP contribution in [0.3, 0.4) is 0 Å². The predicted octanol–water partition coefficient (Wildman–Crippen LogP) is 3.71. The Bertz CT molecular complexity index is 1330. The third-order valence-corrected chi connectivity index (χ3v) is 7.15. The number of ether oxygens (including phenoxy) is 1. The van der Waals surface area contributed by atoms with Crippen molar-refractivity contribution in [3.63, 3.8) is 0 Å². The molecule has 1 aromatic heterocycles. The van der Waals surface area contributed by atoms with Crippen LogP contribution in [0.5, 0.6) is 0 Å². The van der Waals surface area contributed by atoms with E-state index in [1.807, 2.05) is 0 Å². The second-order valence-electron chi connectivity index (χ2n) is 11.4. The number of benzene rings is 1. The number of nitrogens with two attached hydrogens (primary N) is 1. The summed E-state index contributed by atoms with van der Waals surface area (Å²) in [5, 5.41) is 8.73. The highest BCUT2D eigenvalue weighted by molar-refractivity contribution is 5.82. The molecular formula is C28H38F3N5O6. The van der Waals surface area contributed by atoms with E-state index in [2.05, 4.69) is 0 Å². The molecule has 2 saturated heterocycles. The fraction of sp³-hybridized carbons (Fsp3) is 0.571. The number of aromatic nitrogens is 2. The quantitative estimate of drug-likeness (QED) is 0.536. The molecule has 2 amide bonds. The van der Waals surface area contributed by atoms with E-state index in [1.54, 1.807) is 62.8 Å². The van der Waals surface area contributed by atoms with E-state index in [-0.39, 0.29) is 31.1 Å². The minimum atomic E-state index is -4.91. The first kappa shape index (κ1) is 32.5. The first-order chi connectivity index (χ1) is 19.5. The summed E-state index contributed by atoms with van der Waals surface area (Å²) in [6, 6.07) is 7.97. The Balaban J connectivity index is 0.000000260. The molecule has 4 rings (SSSR count). The van der Waals surface area contributed by atoms with Crippen molar-refractivity contribution >= 4 is 23.7 Å². The van der Waals surface area contributed by atoms with Gasteiger partial charge in [0.1, 0.15) is 11.3 Å². The van der Waals surface area contributed by atoms with Gasteiger partial charge >= 0.3 is 24.1 Å². The number of nitrogens with zero attached hydrogens (tertiary/aromatic N) is 4. The second kappa shape index (κ2) is 12.9. The number of carbonyl (C=O) groups excluding carboxylic acids is 2. The van der Waals surface area contributed by atoms with E-state index >= 15 is 0 Å². The molecule has 0 aliphatic carbocycles. The van der Waals surface area contributed by atoms with Crippen LogP contribution in [0.2, 0.25) is 0 Å². The highest BCUT2D eigenvalue weighted by Crippen LogP contribution is 2.28. The number of alkyl halides is 3. The molecule has 3 N–H and O–H groups in total. The number of halogens is 3. The summed E-state index contributed by atoms with van der Waals surface area (Å²) in [5.41, 5.74) is 6.00. The van der Waals surface area contributed by atoms with E-state index < -0.39 is 41.3 Å². The van der Waals surface area contributed by atoms with Gasteiger partial charge in [-0.25, -0.2) is 9.48 Å². The van der Waals surface area contributed by atoms with E-state index in [4.69, 9.17) is 15.6 Å². The molecule has 0 bridgehead atoms. The van der Waals surface area contributed by atoms with Gasteiger partial charge in [0.05, 0.1) is 17.8 Å². The lowest BCUT2D eigenvalue weighted by molar-refractivity contribution is -0.186. The zero-order chi connectivity index (χ0) is 31.4. The number of amides is 2. The minimum Gasteiger partial charge on any atom is -0.481 e. The Morgan fingerprint density at radius 2 is 1.57 bits per heavy atom.